The first-order valence-corrected chi connectivity index (χ1v) is 5.84. The van der Waals surface area contributed by atoms with Crippen LogP contribution in [0.15, 0.2) is 12.5 Å². The zero-order valence-corrected chi connectivity index (χ0v) is 9.84. The van der Waals surface area contributed by atoms with E-state index in [-0.39, 0.29) is 0 Å². The van der Waals surface area contributed by atoms with Crippen LogP contribution in [0.5, 0.6) is 5.75 Å². The monoisotopic (exact) mass is 238 g/mol. The number of ether oxygens (including phenoxy) is 2. The van der Waals surface area contributed by atoms with Gasteiger partial charge in [-0.1, -0.05) is 0 Å². The number of nitrogen functional groups attached to an aromatic ring is 1. The van der Waals surface area contributed by atoms with Crippen molar-refractivity contribution in [2.45, 2.75) is 6.42 Å². The van der Waals surface area contributed by atoms with Crippen LogP contribution in [0.1, 0.15) is 6.42 Å². The first-order chi connectivity index (χ1) is 8.36. The van der Waals surface area contributed by atoms with Crippen molar-refractivity contribution in [3.05, 3.63) is 12.5 Å². The van der Waals surface area contributed by atoms with Crippen LogP contribution >= 0.6 is 0 Å². The normalized spacial score (nSPS) is 16.9. The molecule has 0 spiro atoms. The fraction of sp³-hybridized carbons (Fsp3) is 0.636. The molecule has 1 aliphatic rings. The third-order valence-corrected chi connectivity index (χ3v) is 2.69. The molecule has 0 saturated carbocycles. The Morgan fingerprint density at radius 3 is 3.00 bits per heavy atom. The molecule has 0 amide bonds. The second-order valence-electron chi connectivity index (χ2n) is 3.93. The third-order valence-electron chi connectivity index (χ3n) is 2.69. The molecule has 0 unspecified atom stereocenters. The van der Waals surface area contributed by atoms with Gasteiger partial charge in [-0.05, 0) is 6.42 Å². The Kier molecular flexibility index (Phi) is 4.52. The molecule has 0 atom stereocenters. The standard InChI is InChI=1S/C11H18N4O2/c12-11-10(8-13-9-14-11)17-5-1-2-15-3-6-16-7-4-15/h8-9H,1-7H2,(H2,12,13,14). The fourth-order valence-electron chi connectivity index (χ4n) is 1.73. The smallest absolute Gasteiger partial charge is 0.179 e. The van der Waals surface area contributed by atoms with E-state index in [1.165, 1.54) is 6.33 Å². The second-order valence-corrected chi connectivity index (χ2v) is 3.93. The van der Waals surface area contributed by atoms with Gasteiger partial charge in [0.25, 0.3) is 0 Å². The highest BCUT2D eigenvalue weighted by molar-refractivity contribution is 5.42. The van der Waals surface area contributed by atoms with Crippen LogP contribution in [0.4, 0.5) is 5.82 Å². The maximum Gasteiger partial charge on any atom is 0.179 e. The highest BCUT2D eigenvalue weighted by atomic mass is 16.5. The number of anilines is 1. The minimum absolute atomic E-state index is 0.395. The molecule has 0 radical (unpaired) electrons. The number of hydrogen-bond acceptors (Lipinski definition) is 6. The number of morpholine rings is 1. The van der Waals surface area contributed by atoms with Crippen molar-refractivity contribution in [2.75, 3.05) is 45.2 Å². The summed E-state index contributed by atoms with van der Waals surface area (Å²) >= 11 is 0. The molecule has 1 aromatic heterocycles. The van der Waals surface area contributed by atoms with Crippen LogP contribution in [0.2, 0.25) is 0 Å². The molecule has 2 N–H and O–H groups in total. The molecule has 94 valence electrons. The SMILES string of the molecule is Nc1ncncc1OCCCN1CCOCC1. The number of nitrogens with two attached hydrogens (primary N) is 1. The average Bonchev–Trinajstić information content (AvgIpc) is 2.38. The lowest BCUT2D eigenvalue weighted by molar-refractivity contribution is 0.0358. The van der Waals surface area contributed by atoms with Crippen LogP contribution in [0.3, 0.4) is 0 Å². The van der Waals surface area contributed by atoms with Gasteiger partial charge in [-0.25, -0.2) is 9.97 Å². The molecule has 1 aromatic rings. The summed E-state index contributed by atoms with van der Waals surface area (Å²) in [4.78, 5) is 10.1. The summed E-state index contributed by atoms with van der Waals surface area (Å²) in [7, 11) is 0. The van der Waals surface area contributed by atoms with Crippen molar-refractivity contribution >= 4 is 5.82 Å². The van der Waals surface area contributed by atoms with Gasteiger partial charge in [0.1, 0.15) is 6.33 Å². The molecule has 1 aliphatic heterocycles. The van der Waals surface area contributed by atoms with Crippen LogP contribution < -0.4 is 10.5 Å². The van der Waals surface area contributed by atoms with Crippen LogP contribution in [0, 0.1) is 0 Å². The number of hydrogen-bond donors (Lipinski definition) is 1. The Morgan fingerprint density at radius 2 is 2.24 bits per heavy atom. The van der Waals surface area contributed by atoms with E-state index in [1.54, 1.807) is 6.20 Å². The summed E-state index contributed by atoms with van der Waals surface area (Å²) in [6.45, 7) is 5.35. The minimum atomic E-state index is 0.395. The lowest BCUT2D eigenvalue weighted by Crippen LogP contribution is -2.37. The van der Waals surface area contributed by atoms with Gasteiger partial charge in [0.05, 0.1) is 26.0 Å². The van der Waals surface area contributed by atoms with Crippen molar-refractivity contribution in [1.29, 1.82) is 0 Å². The van der Waals surface area contributed by atoms with Crippen molar-refractivity contribution in [1.82, 2.24) is 14.9 Å². The van der Waals surface area contributed by atoms with Gasteiger partial charge in [0.15, 0.2) is 11.6 Å². The van der Waals surface area contributed by atoms with Gasteiger partial charge in [-0.15, -0.1) is 0 Å². The summed E-state index contributed by atoms with van der Waals surface area (Å²) in [5.41, 5.74) is 5.64. The maximum atomic E-state index is 5.64. The van der Waals surface area contributed by atoms with E-state index in [0.717, 1.165) is 39.3 Å². The Bertz CT molecular complexity index is 342. The van der Waals surface area contributed by atoms with E-state index >= 15 is 0 Å². The Balaban J connectivity index is 1.64. The van der Waals surface area contributed by atoms with Gasteiger partial charge in [0, 0.05) is 19.6 Å². The van der Waals surface area contributed by atoms with Crippen molar-refractivity contribution in [3.8, 4) is 5.75 Å². The zero-order chi connectivity index (χ0) is 11.9. The first kappa shape index (κ1) is 12.1. The van der Waals surface area contributed by atoms with E-state index in [9.17, 15) is 0 Å². The predicted molar refractivity (Wildman–Crippen MR) is 63.8 cm³/mol. The van der Waals surface area contributed by atoms with E-state index in [1.807, 2.05) is 0 Å². The fourth-order valence-corrected chi connectivity index (χ4v) is 1.73. The minimum Gasteiger partial charge on any atom is -0.488 e. The molecule has 2 rings (SSSR count). The van der Waals surface area contributed by atoms with Gasteiger partial charge in [-0.2, -0.15) is 0 Å². The topological polar surface area (TPSA) is 73.5 Å². The van der Waals surface area contributed by atoms with Crippen LogP contribution in [0.25, 0.3) is 0 Å². The summed E-state index contributed by atoms with van der Waals surface area (Å²) in [6, 6.07) is 0. The molecule has 6 nitrogen and oxygen atoms in total. The second kappa shape index (κ2) is 6.36. The third kappa shape index (κ3) is 3.83. The molecule has 1 saturated heterocycles. The number of rotatable bonds is 5. The van der Waals surface area contributed by atoms with E-state index in [2.05, 4.69) is 14.9 Å². The highest BCUT2D eigenvalue weighted by Gasteiger charge is 2.09. The van der Waals surface area contributed by atoms with E-state index < -0.39 is 0 Å². The lowest BCUT2D eigenvalue weighted by Gasteiger charge is -2.26. The first-order valence-electron chi connectivity index (χ1n) is 5.84. The van der Waals surface area contributed by atoms with E-state index in [4.69, 9.17) is 15.2 Å². The van der Waals surface area contributed by atoms with Crippen LogP contribution in [-0.2, 0) is 4.74 Å². The number of nitrogens with zero attached hydrogens (tertiary/aromatic N) is 3. The predicted octanol–water partition coefficient (Wildman–Crippen LogP) is 0.160. The molecule has 0 aromatic carbocycles. The highest BCUT2D eigenvalue weighted by Crippen LogP contribution is 2.15. The lowest BCUT2D eigenvalue weighted by atomic mass is 10.3. The molecular formula is C11H18N4O2. The summed E-state index contributed by atoms with van der Waals surface area (Å²) < 4.78 is 10.8. The Hall–Kier alpha value is -1.40. The van der Waals surface area contributed by atoms with Crippen LogP contribution in [-0.4, -0.2) is 54.3 Å². The van der Waals surface area contributed by atoms with Crippen molar-refractivity contribution < 1.29 is 9.47 Å². The van der Waals surface area contributed by atoms with Gasteiger partial charge < -0.3 is 15.2 Å². The molecule has 17 heavy (non-hydrogen) atoms. The van der Waals surface area contributed by atoms with Gasteiger partial charge >= 0.3 is 0 Å². The summed E-state index contributed by atoms with van der Waals surface area (Å²) in [6.07, 6.45) is 3.97. The molecule has 0 bridgehead atoms. The molecule has 0 aliphatic carbocycles. The Labute approximate surface area is 101 Å². The molecule has 1 fully saturated rings. The molecule has 6 heteroatoms. The zero-order valence-electron chi connectivity index (χ0n) is 9.84. The Morgan fingerprint density at radius 1 is 1.41 bits per heavy atom. The van der Waals surface area contributed by atoms with E-state index in [0.29, 0.717) is 18.2 Å². The summed E-state index contributed by atoms with van der Waals surface area (Å²) in [5, 5.41) is 0. The summed E-state index contributed by atoms with van der Waals surface area (Å²) in [5.74, 6) is 0.959. The quantitative estimate of drug-likeness (QED) is 0.737. The average molecular weight is 238 g/mol. The van der Waals surface area contributed by atoms with Gasteiger partial charge in [0.2, 0.25) is 0 Å². The molecule has 2 heterocycles. The molecular weight excluding hydrogens is 220 g/mol. The van der Waals surface area contributed by atoms with Crippen molar-refractivity contribution in [2.24, 2.45) is 0 Å². The largest absolute Gasteiger partial charge is 0.488 e. The number of aromatic nitrogens is 2. The maximum absolute atomic E-state index is 5.64. The van der Waals surface area contributed by atoms with Crippen molar-refractivity contribution in [3.63, 3.8) is 0 Å². The van der Waals surface area contributed by atoms with Gasteiger partial charge in [-0.3, -0.25) is 4.90 Å².